The van der Waals surface area contributed by atoms with Gasteiger partial charge in [0, 0.05) is 12.6 Å². The van der Waals surface area contributed by atoms with Crippen molar-refractivity contribution < 1.29 is 17.9 Å². The van der Waals surface area contributed by atoms with Crippen molar-refractivity contribution in [2.24, 2.45) is 0 Å². The van der Waals surface area contributed by atoms with Gasteiger partial charge in [-0.25, -0.2) is 12.8 Å². The summed E-state index contributed by atoms with van der Waals surface area (Å²) in [6, 6.07) is 3.16. The van der Waals surface area contributed by atoms with Crippen molar-refractivity contribution in [3.8, 4) is 0 Å². The molecular formula is C9H7FNO3S. The van der Waals surface area contributed by atoms with Gasteiger partial charge in [0.05, 0.1) is 0 Å². The van der Waals surface area contributed by atoms with Gasteiger partial charge >= 0.3 is 0 Å². The molecule has 0 spiro atoms. The van der Waals surface area contributed by atoms with Crippen molar-refractivity contribution in [2.75, 3.05) is 7.05 Å². The molecule has 1 heterocycles. The third-order valence-electron chi connectivity index (χ3n) is 2.10. The first kappa shape index (κ1) is 9.97. The first-order valence-electron chi connectivity index (χ1n) is 4.04. The number of hydrogen-bond donors (Lipinski definition) is 1. The molecule has 1 radical (unpaired) electrons. The van der Waals surface area contributed by atoms with E-state index < -0.39 is 15.8 Å². The van der Waals surface area contributed by atoms with Crippen LogP contribution < -0.4 is 0 Å². The third-order valence-corrected chi connectivity index (χ3v) is 3.81. The van der Waals surface area contributed by atoms with Crippen LogP contribution in [0, 0.1) is 12.0 Å². The standard InChI is InChI=1S/C9H7FNO3S/c1-11-5-8(12)7-3-2-6(10)4-9(7)15(11,13)14/h2-4,12H,1H3. The fourth-order valence-electron chi connectivity index (χ4n) is 1.32. The molecule has 6 heteroatoms. The number of halogens is 1. The monoisotopic (exact) mass is 228 g/mol. The van der Waals surface area contributed by atoms with Gasteiger partial charge in [0.1, 0.15) is 16.9 Å². The molecule has 0 amide bonds. The second kappa shape index (κ2) is 2.96. The third kappa shape index (κ3) is 1.37. The number of aliphatic hydroxyl groups excluding tert-OH is 1. The number of sulfonamides is 1. The van der Waals surface area contributed by atoms with E-state index in [1.54, 1.807) is 0 Å². The van der Waals surface area contributed by atoms with Crippen LogP contribution in [0.5, 0.6) is 0 Å². The topological polar surface area (TPSA) is 57.6 Å². The minimum Gasteiger partial charge on any atom is -0.505 e. The molecule has 1 N–H and O–H groups in total. The highest BCUT2D eigenvalue weighted by molar-refractivity contribution is 7.89. The van der Waals surface area contributed by atoms with Crippen LogP contribution in [0.3, 0.4) is 0 Å². The maximum Gasteiger partial charge on any atom is 0.265 e. The molecule has 0 unspecified atom stereocenters. The largest absolute Gasteiger partial charge is 0.505 e. The van der Waals surface area contributed by atoms with Crippen LogP contribution in [0.15, 0.2) is 23.1 Å². The van der Waals surface area contributed by atoms with Crippen LogP contribution in [0.4, 0.5) is 4.39 Å². The first-order chi connectivity index (χ1) is 6.93. The van der Waals surface area contributed by atoms with Crippen LogP contribution >= 0.6 is 0 Å². The van der Waals surface area contributed by atoms with Gasteiger partial charge in [0.25, 0.3) is 10.0 Å². The fourth-order valence-corrected chi connectivity index (χ4v) is 2.53. The van der Waals surface area contributed by atoms with Crippen molar-refractivity contribution in [1.82, 2.24) is 4.31 Å². The van der Waals surface area contributed by atoms with Gasteiger partial charge in [-0.3, -0.25) is 4.31 Å². The Labute approximate surface area is 86.3 Å². The van der Waals surface area contributed by atoms with E-state index in [1.807, 2.05) is 0 Å². The maximum absolute atomic E-state index is 12.9. The highest BCUT2D eigenvalue weighted by atomic mass is 32.2. The maximum atomic E-state index is 12.9. The lowest BCUT2D eigenvalue weighted by Gasteiger charge is -2.21. The van der Waals surface area contributed by atoms with E-state index in [0.29, 0.717) is 0 Å². The average Bonchev–Trinajstić information content (AvgIpc) is 2.15. The molecule has 15 heavy (non-hydrogen) atoms. The Morgan fingerprint density at radius 2 is 2.13 bits per heavy atom. The van der Waals surface area contributed by atoms with Crippen LogP contribution in [0.1, 0.15) is 5.56 Å². The molecule has 2 rings (SSSR count). The van der Waals surface area contributed by atoms with Crippen LogP contribution in [-0.2, 0) is 10.0 Å². The predicted octanol–water partition coefficient (Wildman–Crippen LogP) is 1.12. The van der Waals surface area contributed by atoms with Gasteiger partial charge in [-0.2, -0.15) is 0 Å². The minimum absolute atomic E-state index is 0.0644. The van der Waals surface area contributed by atoms with Gasteiger partial charge in [-0.05, 0) is 18.2 Å². The summed E-state index contributed by atoms with van der Waals surface area (Å²) in [4.78, 5) is -0.249. The van der Waals surface area contributed by atoms with Crippen LogP contribution in [0.25, 0.3) is 5.76 Å². The zero-order valence-electron chi connectivity index (χ0n) is 7.73. The summed E-state index contributed by atoms with van der Waals surface area (Å²) in [6.07, 6.45) is 2.24. The van der Waals surface area contributed by atoms with E-state index >= 15 is 0 Å². The summed E-state index contributed by atoms with van der Waals surface area (Å²) in [5, 5.41) is 9.43. The average molecular weight is 228 g/mol. The Hall–Kier alpha value is -1.56. The summed E-state index contributed by atoms with van der Waals surface area (Å²) in [6.45, 7) is 0. The first-order valence-corrected chi connectivity index (χ1v) is 5.48. The molecule has 0 saturated heterocycles. The van der Waals surface area contributed by atoms with E-state index in [2.05, 4.69) is 6.20 Å². The van der Waals surface area contributed by atoms with Crippen molar-refractivity contribution >= 4 is 15.8 Å². The summed E-state index contributed by atoms with van der Waals surface area (Å²) in [5.74, 6) is -0.984. The Bertz CT molecular complexity index is 550. The molecule has 1 aliphatic heterocycles. The Kier molecular flexibility index (Phi) is 1.97. The van der Waals surface area contributed by atoms with E-state index in [-0.39, 0.29) is 16.2 Å². The van der Waals surface area contributed by atoms with Crippen molar-refractivity contribution in [1.29, 1.82) is 0 Å². The fraction of sp³-hybridized carbons (Fsp3) is 0.111. The molecule has 1 aliphatic rings. The van der Waals surface area contributed by atoms with Gasteiger partial charge < -0.3 is 5.11 Å². The number of aliphatic hydroxyl groups is 1. The Balaban J connectivity index is 2.81. The molecule has 0 fully saturated rings. The minimum atomic E-state index is -3.77. The Morgan fingerprint density at radius 3 is 2.80 bits per heavy atom. The van der Waals surface area contributed by atoms with Crippen molar-refractivity contribution in [3.63, 3.8) is 0 Å². The summed E-state index contributed by atoms with van der Waals surface area (Å²) in [7, 11) is -2.55. The van der Waals surface area contributed by atoms with Gasteiger partial charge in [-0.1, -0.05) is 0 Å². The molecule has 0 saturated carbocycles. The van der Waals surface area contributed by atoms with E-state index in [9.17, 15) is 17.9 Å². The molecule has 79 valence electrons. The number of rotatable bonds is 0. The molecule has 0 atom stereocenters. The highest BCUT2D eigenvalue weighted by Gasteiger charge is 2.29. The molecule has 0 aliphatic carbocycles. The van der Waals surface area contributed by atoms with Gasteiger partial charge in [-0.15, -0.1) is 0 Å². The molecular weight excluding hydrogens is 221 g/mol. The quantitative estimate of drug-likeness (QED) is 0.723. The highest BCUT2D eigenvalue weighted by Crippen LogP contribution is 2.29. The second-order valence-electron chi connectivity index (χ2n) is 3.07. The molecule has 4 nitrogen and oxygen atoms in total. The number of fused-ring (bicyclic) bond motifs is 1. The zero-order chi connectivity index (χ0) is 11.2. The number of nitrogens with zero attached hydrogens (tertiary/aromatic N) is 1. The van der Waals surface area contributed by atoms with Gasteiger partial charge in [0.15, 0.2) is 5.76 Å². The summed E-state index contributed by atoms with van der Waals surface area (Å²) in [5.41, 5.74) is 0.0644. The molecule has 1 aromatic carbocycles. The van der Waals surface area contributed by atoms with Crippen molar-refractivity contribution in [2.45, 2.75) is 4.90 Å². The lowest BCUT2D eigenvalue weighted by atomic mass is 10.2. The zero-order valence-corrected chi connectivity index (χ0v) is 8.55. The van der Waals surface area contributed by atoms with Gasteiger partial charge in [0.2, 0.25) is 0 Å². The van der Waals surface area contributed by atoms with E-state index in [4.69, 9.17) is 0 Å². The molecule has 0 aromatic heterocycles. The SMILES string of the molecule is CN1[C]=C(O)c2ccc(F)cc2S1(=O)=O. The molecule has 1 aromatic rings. The second-order valence-corrected chi connectivity index (χ2v) is 5.01. The smallest absolute Gasteiger partial charge is 0.265 e. The van der Waals surface area contributed by atoms with E-state index in [1.165, 1.54) is 13.1 Å². The Morgan fingerprint density at radius 1 is 1.47 bits per heavy atom. The lowest BCUT2D eigenvalue weighted by molar-refractivity contribution is 0.469. The normalized spacial score (nSPS) is 18.3. The lowest BCUT2D eigenvalue weighted by Crippen LogP contribution is -2.27. The number of benzene rings is 1. The van der Waals surface area contributed by atoms with Crippen LogP contribution in [0.2, 0.25) is 0 Å². The van der Waals surface area contributed by atoms with Crippen molar-refractivity contribution in [3.05, 3.63) is 35.8 Å². The van der Waals surface area contributed by atoms with E-state index in [0.717, 1.165) is 16.4 Å². The van der Waals surface area contributed by atoms with Crippen LogP contribution in [-0.4, -0.2) is 24.9 Å². The predicted molar refractivity (Wildman–Crippen MR) is 50.6 cm³/mol. The summed E-state index contributed by atoms with van der Waals surface area (Å²) >= 11 is 0. The number of hydrogen-bond acceptors (Lipinski definition) is 3. The molecule has 0 bridgehead atoms. The summed E-state index contributed by atoms with van der Waals surface area (Å²) < 4.78 is 37.0.